The van der Waals surface area contributed by atoms with Crippen LogP contribution >= 0.6 is 11.6 Å². The lowest BCUT2D eigenvalue weighted by molar-refractivity contribution is -0.170. The van der Waals surface area contributed by atoms with Gasteiger partial charge < -0.3 is 75.7 Å². The molecule has 4 aromatic carbocycles. The first-order chi connectivity index (χ1) is 52.3. The molecule has 11 amide bonds. The molecule has 2 bridgehead atoms. The number of likely N-dealkylation sites (N-methyl/N-ethyl adjacent to an activating group) is 4. The molecule has 5 saturated heterocycles. The van der Waals surface area contributed by atoms with E-state index in [1.54, 1.807) is 116 Å². The normalized spacial score (nSPS) is 25.5. The number of benzene rings is 4. The standard InChI is InChI=1S/C76H90ClN13O18S2/c1-43-65-75(103)90(43)59(37-48-41-79-53-21-13-11-19-51(48)53)62(91)38-46(70(98)89-31-15-23-58(89)76(104)105)39-63(92)83-69(97)68(96)81-54(28-32-109-106)71(99)86(4)61(34-44-16-8-7-9-17-44)67(95)82-56(36-47-40-78-52-20-12-10-18-50(47)52)73(101)88-30-14-22-57(88)74(102)84(2)42-64(93)85(3)60(35-45-24-26-49(77)27-25-45)66(94)80-55(72(100)87(65)5)29-33-110(6,107)108/h7-13,16-21,24-27,40-41,43,46,54-61,65,69,78-79,97H,14-15,22-23,28-39,42H2,1-6H3,(H4-,80,81,82,83,92,94,95,96,104,105)/p+1/t43?,46-,54-,55-,56-,57-,58-,59-,60-,61-,65+,69-/m0/s1. The number of sulfone groups is 1. The molecule has 1 unspecified atom stereocenters. The molecule has 31 nitrogen and oxygen atoms in total. The molecule has 11 rings (SSSR count). The van der Waals surface area contributed by atoms with E-state index in [4.69, 9.17) is 11.6 Å². The van der Waals surface area contributed by atoms with Crippen LogP contribution < -0.4 is 21.3 Å². The number of hydrogen-bond acceptors (Lipinski definition) is 17. The second-order valence-corrected chi connectivity index (χ2v) is 32.0. The van der Waals surface area contributed by atoms with Crippen molar-refractivity contribution in [2.45, 2.75) is 151 Å². The molecule has 5 aliphatic rings. The minimum Gasteiger partial charge on any atom is -0.480 e. The highest BCUT2D eigenvalue weighted by atomic mass is 35.5. The number of amides is 11. The Hall–Kier alpha value is -10.5. The van der Waals surface area contributed by atoms with Gasteiger partial charge in [-0.3, -0.25) is 57.5 Å². The van der Waals surface area contributed by atoms with E-state index < -0.39 is 197 Å². The van der Waals surface area contributed by atoms with Crippen molar-refractivity contribution in [1.82, 2.24) is 65.5 Å². The summed E-state index contributed by atoms with van der Waals surface area (Å²) in [7, 11) is 1.24. The van der Waals surface area contributed by atoms with Crippen LogP contribution in [0.4, 0.5) is 0 Å². The van der Waals surface area contributed by atoms with Gasteiger partial charge in [-0.25, -0.2) is 13.2 Å². The largest absolute Gasteiger partial charge is 0.480 e. The van der Waals surface area contributed by atoms with Crippen LogP contribution in [0.3, 0.4) is 0 Å². The molecule has 6 aromatic rings. The Labute approximate surface area is 643 Å². The van der Waals surface area contributed by atoms with Gasteiger partial charge in [0.2, 0.25) is 71.1 Å². The van der Waals surface area contributed by atoms with Gasteiger partial charge in [-0.15, -0.1) is 0 Å². The number of ketones is 1. The smallest absolute Gasteiger partial charge is 0.458 e. The number of carbonyl (C=O) groups excluding carboxylic acids is 12. The molecule has 5 fully saturated rings. The van der Waals surface area contributed by atoms with Crippen LogP contribution in [0, 0.1) is 5.92 Å². The molecule has 0 spiro atoms. The average molecular weight is 1570 g/mol. The van der Waals surface area contributed by atoms with Gasteiger partial charge in [0.15, 0.2) is 5.78 Å². The molecular weight excluding hydrogens is 1480 g/mol. The number of H-pyrrole nitrogens is 2. The van der Waals surface area contributed by atoms with Crippen LogP contribution in [-0.2, 0) is 114 Å². The Morgan fingerprint density at radius 2 is 1.15 bits per heavy atom. The third-order valence-corrected chi connectivity index (χ3v) is 22.9. The lowest BCUT2D eigenvalue weighted by Gasteiger charge is -2.52. The summed E-state index contributed by atoms with van der Waals surface area (Å²) in [6.45, 7) is 0.745. The van der Waals surface area contributed by atoms with E-state index in [-0.39, 0.29) is 75.5 Å². The van der Waals surface area contributed by atoms with E-state index in [9.17, 15) is 51.6 Å². The molecule has 0 radical (unpaired) electrons. The fourth-order valence-corrected chi connectivity index (χ4v) is 16.3. The summed E-state index contributed by atoms with van der Waals surface area (Å²) in [6.07, 6.45) is -1.33. The number of β-lactam (4-membered cyclic amide) rings is 1. The highest BCUT2D eigenvalue weighted by Gasteiger charge is 2.54. The molecule has 7 heterocycles. The number of aromatic nitrogens is 2. The first kappa shape index (κ1) is 82.0. The number of nitrogens with one attached hydrogen (secondary N) is 6. The number of nitrogens with zero attached hydrogens (tertiary/aromatic N) is 7. The van der Waals surface area contributed by atoms with E-state index in [0.29, 0.717) is 55.5 Å². The number of carboxylic acid groups (broad SMARTS) is 1. The van der Waals surface area contributed by atoms with Crippen molar-refractivity contribution in [3.8, 4) is 0 Å². The summed E-state index contributed by atoms with van der Waals surface area (Å²) in [5, 5.41) is 33.6. The molecule has 2 aromatic heterocycles. The van der Waals surface area contributed by atoms with Crippen LogP contribution in [0.15, 0.2) is 116 Å². The lowest BCUT2D eigenvalue weighted by atomic mass is 9.85. The number of aliphatic carboxylic acids is 1. The summed E-state index contributed by atoms with van der Waals surface area (Å²) in [6, 6.07) is 14.5. The second kappa shape index (κ2) is 35.9. The van der Waals surface area contributed by atoms with Crippen LogP contribution in [0.2, 0.25) is 5.02 Å². The molecule has 34 heteroatoms. The average Bonchev–Trinajstić information content (AvgIpc) is 1.36. The monoisotopic (exact) mass is 1570 g/mol. The lowest BCUT2D eigenvalue weighted by Crippen LogP contribution is -2.74. The fourth-order valence-electron chi connectivity index (χ4n) is 15.2. The minimum absolute atomic E-state index is 0.00659. The topological polar surface area (TPSA) is 416 Å². The predicted molar refractivity (Wildman–Crippen MR) is 403 cm³/mol. The molecule has 12 atom stereocenters. The Morgan fingerprint density at radius 3 is 1.75 bits per heavy atom. The molecular formula is C76H91ClN13O18S2+. The summed E-state index contributed by atoms with van der Waals surface area (Å²) in [5.74, 6) is -15.3. The summed E-state index contributed by atoms with van der Waals surface area (Å²) in [4.78, 5) is 207. The Kier molecular flexibility index (Phi) is 26.8. The van der Waals surface area contributed by atoms with E-state index >= 15 is 33.6 Å². The number of halogens is 1. The number of carboxylic acids is 1. The zero-order valence-electron chi connectivity index (χ0n) is 61.7. The Balaban J connectivity index is 1.04. The number of fused-ring (bicyclic) bond motifs is 29. The minimum atomic E-state index is -3.89. The number of rotatable bonds is 16. The maximum absolute atomic E-state index is 15.5. The molecule has 0 aliphatic carbocycles. The SMILES string of the molecule is CC1[C@@H]2C(=O)N1[C@@H](Cc1c[nH]c3ccccc13)C(=O)C[C@H](C(=O)N1CCC[C@H]1C(=O)O)CC(=O)N[C@@H](O)C(=O)N[C@@H](CC[S+]=O)C(=O)N(C)[C@@H](Cc1ccccc1)C(=O)N[C@@H](Cc1c[nH]c3ccccc13)C(=O)N1CCC[C@H]1C(=O)N(C)CC(=O)N(C)[C@@H](Cc1ccc(Cl)cc1)C(=O)N[C@@H](CCS(C)(=O)=O)C(=O)N2C. The quantitative estimate of drug-likeness (QED) is 0.0384. The van der Waals surface area contributed by atoms with Crippen LogP contribution in [0.25, 0.3) is 21.8 Å². The van der Waals surface area contributed by atoms with Gasteiger partial charge in [0.05, 0.1) is 30.3 Å². The van der Waals surface area contributed by atoms with Gasteiger partial charge in [-0.1, -0.05) is 90.5 Å². The van der Waals surface area contributed by atoms with Gasteiger partial charge >= 0.3 is 17.6 Å². The number of carbonyl (C=O) groups is 13. The predicted octanol–water partition coefficient (Wildman–Crippen LogP) is 1.30. The summed E-state index contributed by atoms with van der Waals surface area (Å²) >= 11 is 6.34. The Bertz CT molecular complexity index is 4620. The van der Waals surface area contributed by atoms with E-state index in [1.165, 1.54) is 44.9 Å². The molecule has 586 valence electrons. The van der Waals surface area contributed by atoms with Gasteiger partial charge in [-0.05, 0) is 85.5 Å². The van der Waals surface area contributed by atoms with Crippen molar-refractivity contribution < 1.29 is 85.2 Å². The van der Waals surface area contributed by atoms with Crippen LogP contribution in [0.1, 0.15) is 80.5 Å². The zero-order chi connectivity index (χ0) is 79.6. The first-order valence-electron chi connectivity index (χ1n) is 36.3. The summed E-state index contributed by atoms with van der Waals surface area (Å²) in [5.41, 5.74) is 3.41. The third-order valence-electron chi connectivity index (χ3n) is 21.2. The molecule has 110 heavy (non-hydrogen) atoms. The van der Waals surface area contributed by atoms with Gasteiger partial charge in [0, 0.05) is 136 Å². The van der Waals surface area contributed by atoms with E-state index in [0.717, 1.165) is 30.8 Å². The van der Waals surface area contributed by atoms with Crippen molar-refractivity contribution in [2.24, 2.45) is 5.92 Å². The number of aromatic amines is 2. The number of likely N-dealkylation sites (tertiary alicyclic amines) is 1. The number of Topliss-reactive ketones (excluding diaryl/α,β-unsaturated/α-hetero) is 1. The number of aliphatic hydroxyl groups excluding tert-OH is 1. The Morgan fingerprint density at radius 1 is 0.591 bits per heavy atom. The van der Waals surface area contributed by atoms with Crippen LogP contribution in [-0.4, -0.2) is 272 Å². The van der Waals surface area contributed by atoms with Crippen molar-refractivity contribution >= 4 is 132 Å². The van der Waals surface area contributed by atoms with Crippen molar-refractivity contribution in [3.63, 3.8) is 0 Å². The molecule has 0 saturated carbocycles. The number of aliphatic hydroxyl groups is 1. The second-order valence-electron chi connectivity index (χ2n) is 28.7. The first-order valence-corrected chi connectivity index (χ1v) is 39.6. The van der Waals surface area contributed by atoms with Gasteiger partial charge in [-0.2, -0.15) is 0 Å². The number of para-hydroxylation sites is 2. The summed E-state index contributed by atoms with van der Waals surface area (Å²) < 4.78 is 38.0. The fraction of sp³-hybridized carbons (Fsp3) is 0.461. The molecule has 8 N–H and O–H groups in total. The van der Waals surface area contributed by atoms with Gasteiger partial charge in [0.25, 0.3) is 5.91 Å². The molecule has 5 aliphatic heterocycles. The van der Waals surface area contributed by atoms with E-state index in [1.807, 2.05) is 0 Å². The van der Waals surface area contributed by atoms with Crippen molar-refractivity contribution in [1.29, 1.82) is 0 Å². The highest BCUT2D eigenvalue weighted by Crippen LogP contribution is 2.34. The number of hydrogen-bond donors (Lipinski definition) is 8. The van der Waals surface area contributed by atoms with Crippen molar-refractivity contribution in [3.05, 3.63) is 143 Å². The van der Waals surface area contributed by atoms with Crippen molar-refractivity contribution in [2.75, 3.05) is 65.6 Å². The van der Waals surface area contributed by atoms with Crippen LogP contribution in [0.5, 0.6) is 0 Å². The zero-order valence-corrected chi connectivity index (χ0v) is 64.1. The highest BCUT2D eigenvalue weighted by molar-refractivity contribution is 7.90. The van der Waals surface area contributed by atoms with E-state index in [2.05, 4.69) is 31.2 Å². The maximum atomic E-state index is 15.5. The maximum Gasteiger partial charge on any atom is 0.458 e. The third kappa shape index (κ3) is 19.2. The van der Waals surface area contributed by atoms with Gasteiger partial charge in [0.1, 0.15) is 58.2 Å².